The van der Waals surface area contributed by atoms with Crippen molar-refractivity contribution in [2.75, 3.05) is 29.7 Å². The van der Waals surface area contributed by atoms with Crippen LogP contribution in [-0.2, 0) is 9.59 Å². The average Bonchev–Trinajstić information content (AvgIpc) is 2.78. The van der Waals surface area contributed by atoms with Crippen LogP contribution < -0.4 is 25.4 Å². The van der Waals surface area contributed by atoms with E-state index in [9.17, 15) is 14.4 Å². The number of carbonyl (C=O) groups is 3. The zero-order valence-electron chi connectivity index (χ0n) is 17.7. The molecule has 164 valence electrons. The summed E-state index contributed by atoms with van der Waals surface area (Å²) < 4.78 is 10.7. The van der Waals surface area contributed by atoms with Gasteiger partial charge in [0.25, 0.3) is 11.8 Å². The largest absolute Gasteiger partial charge is 0.493 e. The number of rotatable bonds is 8. The number of ether oxygens (including phenoxy) is 2. The average molecular weight is 433 g/mol. The minimum absolute atomic E-state index is 0.201. The van der Waals surface area contributed by atoms with E-state index in [1.807, 2.05) is 6.07 Å². The monoisotopic (exact) mass is 433 g/mol. The summed E-state index contributed by atoms with van der Waals surface area (Å²) in [4.78, 5) is 36.0. The summed E-state index contributed by atoms with van der Waals surface area (Å²) in [5.41, 5.74) is 1.92. The number of anilines is 3. The third-order valence-electron chi connectivity index (χ3n) is 4.28. The molecule has 0 heterocycles. The Morgan fingerprint density at radius 1 is 0.750 bits per heavy atom. The first-order chi connectivity index (χ1) is 15.4. The second kappa shape index (κ2) is 10.6. The van der Waals surface area contributed by atoms with E-state index in [-0.39, 0.29) is 24.3 Å². The maximum absolute atomic E-state index is 12.6. The maximum Gasteiger partial charge on any atom is 0.262 e. The topological polar surface area (TPSA) is 106 Å². The predicted molar refractivity (Wildman–Crippen MR) is 122 cm³/mol. The number of benzene rings is 3. The molecule has 0 radical (unpaired) electrons. The van der Waals surface area contributed by atoms with Crippen molar-refractivity contribution in [3.05, 3.63) is 78.4 Å². The van der Waals surface area contributed by atoms with Crippen LogP contribution in [0.2, 0.25) is 0 Å². The molecule has 3 aromatic rings. The Hall–Kier alpha value is -4.33. The van der Waals surface area contributed by atoms with Gasteiger partial charge >= 0.3 is 0 Å². The number of para-hydroxylation sites is 2. The third kappa shape index (κ3) is 6.33. The Balaban J connectivity index is 1.59. The van der Waals surface area contributed by atoms with Gasteiger partial charge in [0.05, 0.1) is 7.11 Å². The lowest BCUT2D eigenvalue weighted by Gasteiger charge is -2.11. The molecule has 3 amide bonds. The highest BCUT2D eigenvalue weighted by Gasteiger charge is 2.10. The number of carbonyl (C=O) groups excluding carboxylic acids is 3. The van der Waals surface area contributed by atoms with Crippen LogP contribution in [-0.4, -0.2) is 31.4 Å². The summed E-state index contributed by atoms with van der Waals surface area (Å²) in [5.74, 6) is 0.0727. The van der Waals surface area contributed by atoms with Crippen molar-refractivity contribution in [1.82, 2.24) is 0 Å². The Labute approximate surface area is 185 Å². The molecule has 8 nitrogen and oxygen atoms in total. The van der Waals surface area contributed by atoms with E-state index in [1.165, 1.54) is 14.0 Å². The lowest BCUT2D eigenvalue weighted by Crippen LogP contribution is -2.20. The molecule has 0 fully saturated rings. The molecule has 0 aliphatic carbocycles. The van der Waals surface area contributed by atoms with Gasteiger partial charge < -0.3 is 25.4 Å². The summed E-state index contributed by atoms with van der Waals surface area (Å²) in [6.45, 7) is 1.20. The molecule has 0 bridgehead atoms. The van der Waals surface area contributed by atoms with Crippen molar-refractivity contribution >= 4 is 34.8 Å². The SMILES string of the molecule is COc1ccccc1OCC(=O)Nc1cccc(NC(=O)c2cccc(NC(C)=O)c2)c1. The van der Waals surface area contributed by atoms with Gasteiger partial charge in [-0.05, 0) is 48.5 Å². The Morgan fingerprint density at radius 3 is 2.06 bits per heavy atom. The maximum atomic E-state index is 12.6. The van der Waals surface area contributed by atoms with Gasteiger partial charge in [-0.1, -0.05) is 24.3 Å². The molecule has 0 unspecified atom stereocenters. The molecule has 0 saturated heterocycles. The number of methoxy groups -OCH3 is 1. The van der Waals surface area contributed by atoms with Crippen molar-refractivity contribution in [3.63, 3.8) is 0 Å². The van der Waals surface area contributed by atoms with Gasteiger partial charge in [0, 0.05) is 29.5 Å². The number of nitrogens with one attached hydrogen (secondary N) is 3. The van der Waals surface area contributed by atoms with Gasteiger partial charge in [-0.2, -0.15) is 0 Å². The van der Waals surface area contributed by atoms with E-state index < -0.39 is 0 Å². The molecule has 3 rings (SSSR count). The molecule has 0 spiro atoms. The first kappa shape index (κ1) is 22.4. The van der Waals surface area contributed by atoms with Crippen LogP contribution in [0.4, 0.5) is 17.1 Å². The third-order valence-corrected chi connectivity index (χ3v) is 4.28. The summed E-state index contributed by atoms with van der Waals surface area (Å²) in [6, 6.07) is 20.4. The first-order valence-electron chi connectivity index (χ1n) is 9.79. The molecule has 8 heteroatoms. The molecule has 0 aromatic heterocycles. The summed E-state index contributed by atoms with van der Waals surface area (Å²) in [7, 11) is 1.53. The standard InChI is InChI=1S/C24H23N3O5/c1-16(28)25-18-8-5-7-17(13-18)24(30)27-20-10-6-9-19(14-20)26-23(29)15-32-22-12-4-3-11-21(22)31-2/h3-14H,15H2,1-2H3,(H,25,28)(H,26,29)(H,27,30). The summed E-state index contributed by atoms with van der Waals surface area (Å²) in [5, 5.41) is 8.14. The van der Waals surface area contributed by atoms with Crippen molar-refractivity contribution in [3.8, 4) is 11.5 Å². The zero-order chi connectivity index (χ0) is 22.9. The minimum atomic E-state index is -0.359. The van der Waals surface area contributed by atoms with Crippen molar-refractivity contribution in [2.24, 2.45) is 0 Å². The Kier molecular flexibility index (Phi) is 7.42. The van der Waals surface area contributed by atoms with E-state index >= 15 is 0 Å². The second-order valence-corrected chi connectivity index (χ2v) is 6.78. The van der Waals surface area contributed by atoms with Crippen molar-refractivity contribution < 1.29 is 23.9 Å². The van der Waals surface area contributed by atoms with E-state index in [2.05, 4.69) is 16.0 Å². The highest BCUT2D eigenvalue weighted by atomic mass is 16.5. The number of amides is 3. The summed E-state index contributed by atoms with van der Waals surface area (Å²) >= 11 is 0. The van der Waals surface area contributed by atoms with Crippen LogP contribution in [0.25, 0.3) is 0 Å². The predicted octanol–water partition coefficient (Wildman–Crippen LogP) is 3.92. The smallest absolute Gasteiger partial charge is 0.262 e. The van der Waals surface area contributed by atoms with Gasteiger partial charge in [-0.25, -0.2) is 0 Å². The van der Waals surface area contributed by atoms with Crippen molar-refractivity contribution in [1.29, 1.82) is 0 Å². The fraction of sp³-hybridized carbons (Fsp3) is 0.125. The molecule has 0 aliphatic heterocycles. The molecule has 32 heavy (non-hydrogen) atoms. The fourth-order valence-electron chi connectivity index (χ4n) is 2.90. The lowest BCUT2D eigenvalue weighted by molar-refractivity contribution is -0.118. The van der Waals surface area contributed by atoms with Crippen LogP contribution in [0.5, 0.6) is 11.5 Å². The molecular formula is C24H23N3O5. The van der Waals surface area contributed by atoms with Crippen LogP contribution in [0.15, 0.2) is 72.8 Å². The van der Waals surface area contributed by atoms with Crippen LogP contribution in [0.1, 0.15) is 17.3 Å². The Morgan fingerprint density at radius 2 is 1.38 bits per heavy atom. The molecule has 3 aromatic carbocycles. The van der Waals surface area contributed by atoms with Gasteiger partial charge in [0.15, 0.2) is 18.1 Å². The highest BCUT2D eigenvalue weighted by molar-refractivity contribution is 6.05. The fourth-order valence-corrected chi connectivity index (χ4v) is 2.90. The highest BCUT2D eigenvalue weighted by Crippen LogP contribution is 2.25. The van der Waals surface area contributed by atoms with E-state index in [1.54, 1.807) is 66.7 Å². The van der Waals surface area contributed by atoms with Crippen LogP contribution in [0.3, 0.4) is 0 Å². The number of hydrogen-bond acceptors (Lipinski definition) is 5. The van der Waals surface area contributed by atoms with Gasteiger partial charge in [0.2, 0.25) is 5.91 Å². The quantitative estimate of drug-likeness (QED) is 0.499. The van der Waals surface area contributed by atoms with Gasteiger partial charge in [-0.15, -0.1) is 0 Å². The lowest BCUT2D eigenvalue weighted by atomic mass is 10.1. The van der Waals surface area contributed by atoms with Gasteiger partial charge in [-0.3, -0.25) is 14.4 Å². The van der Waals surface area contributed by atoms with Crippen LogP contribution >= 0.6 is 0 Å². The first-order valence-corrected chi connectivity index (χ1v) is 9.79. The zero-order valence-corrected chi connectivity index (χ0v) is 17.7. The molecule has 0 aliphatic rings. The van der Waals surface area contributed by atoms with Gasteiger partial charge in [0.1, 0.15) is 0 Å². The second-order valence-electron chi connectivity index (χ2n) is 6.78. The minimum Gasteiger partial charge on any atom is -0.493 e. The van der Waals surface area contributed by atoms with Crippen LogP contribution in [0, 0.1) is 0 Å². The molecular weight excluding hydrogens is 410 g/mol. The normalized spacial score (nSPS) is 10.1. The molecule has 0 atom stereocenters. The molecule has 3 N–H and O–H groups in total. The summed E-state index contributed by atoms with van der Waals surface area (Å²) in [6.07, 6.45) is 0. The van der Waals surface area contributed by atoms with Crippen molar-refractivity contribution in [2.45, 2.75) is 6.92 Å². The van der Waals surface area contributed by atoms with E-state index in [0.29, 0.717) is 34.1 Å². The van der Waals surface area contributed by atoms with E-state index in [0.717, 1.165) is 0 Å². The number of hydrogen-bond donors (Lipinski definition) is 3. The molecule has 0 saturated carbocycles. The Bertz CT molecular complexity index is 1130. The van der Waals surface area contributed by atoms with E-state index in [4.69, 9.17) is 9.47 Å².